The Morgan fingerprint density at radius 1 is 0.929 bits per heavy atom. The van der Waals surface area contributed by atoms with Crippen LogP contribution >= 0.6 is 11.8 Å². The number of halogens is 4. The summed E-state index contributed by atoms with van der Waals surface area (Å²) in [4.78, 5) is 49.5. The molecule has 220 valence electrons. The number of rotatable bonds is 6. The van der Waals surface area contributed by atoms with E-state index in [1.165, 1.54) is 49.4 Å². The summed E-state index contributed by atoms with van der Waals surface area (Å²) in [5, 5.41) is 5.13. The largest absolute Gasteiger partial charge is 0.461 e. The average Bonchev–Trinajstić information content (AvgIpc) is 3.17. The van der Waals surface area contributed by atoms with Crippen molar-refractivity contribution in [1.82, 2.24) is 9.47 Å². The molecule has 0 radical (unpaired) electrons. The summed E-state index contributed by atoms with van der Waals surface area (Å²) in [7, 11) is 3.80. The van der Waals surface area contributed by atoms with E-state index < -0.39 is 29.4 Å². The molecule has 14 heteroatoms. The van der Waals surface area contributed by atoms with Gasteiger partial charge in [-0.05, 0) is 92.9 Å². The van der Waals surface area contributed by atoms with E-state index in [9.17, 15) is 31.9 Å². The number of fused-ring (bicyclic) bond motifs is 1. The van der Waals surface area contributed by atoms with Crippen molar-refractivity contribution in [3.63, 3.8) is 0 Å². The quantitative estimate of drug-likeness (QED) is 0.104. The minimum absolute atomic E-state index is 0.0472. The van der Waals surface area contributed by atoms with Crippen LogP contribution in [-0.4, -0.2) is 47.2 Å². The first-order valence-corrected chi connectivity index (χ1v) is 13.0. The molecule has 2 amide bonds. The van der Waals surface area contributed by atoms with Crippen LogP contribution in [0.1, 0.15) is 21.6 Å². The van der Waals surface area contributed by atoms with Crippen molar-refractivity contribution in [3.05, 3.63) is 89.4 Å². The molecular weight excluding hydrogens is 580 g/mol. The highest BCUT2D eigenvalue weighted by molar-refractivity contribution is 8.00. The van der Waals surface area contributed by atoms with E-state index in [4.69, 9.17) is 9.78 Å². The molecule has 0 spiro atoms. The molecule has 4 aromatic rings. The third kappa shape index (κ3) is 7.59. The maximum atomic E-state index is 14.1. The minimum atomic E-state index is -4.45. The van der Waals surface area contributed by atoms with Gasteiger partial charge in [-0.2, -0.15) is 13.2 Å². The van der Waals surface area contributed by atoms with Crippen LogP contribution in [0.5, 0.6) is 0 Å². The van der Waals surface area contributed by atoms with Gasteiger partial charge in [0.1, 0.15) is 5.82 Å². The van der Waals surface area contributed by atoms with Crippen molar-refractivity contribution in [1.29, 1.82) is 0 Å². The van der Waals surface area contributed by atoms with Crippen molar-refractivity contribution in [2.24, 2.45) is 0 Å². The monoisotopic (exact) mass is 604 g/mol. The van der Waals surface area contributed by atoms with Gasteiger partial charge < -0.3 is 15.5 Å². The number of anilines is 2. The van der Waals surface area contributed by atoms with E-state index in [2.05, 4.69) is 10.6 Å². The molecule has 0 aliphatic carbocycles. The number of amides is 2. The molecule has 3 aromatic carbocycles. The zero-order valence-corrected chi connectivity index (χ0v) is 23.2. The molecule has 0 fully saturated rings. The molecule has 0 bridgehead atoms. The van der Waals surface area contributed by atoms with Gasteiger partial charge in [0, 0.05) is 22.5 Å². The van der Waals surface area contributed by atoms with Gasteiger partial charge >= 0.3 is 23.6 Å². The summed E-state index contributed by atoms with van der Waals surface area (Å²) in [6, 6.07) is 14.1. The first kappa shape index (κ1) is 30.4. The number of hydrogen-bond donors (Lipinski definition) is 2. The Kier molecular flexibility index (Phi) is 9.07. The zero-order valence-electron chi connectivity index (χ0n) is 22.4. The van der Waals surface area contributed by atoms with E-state index >= 15 is 0 Å². The molecule has 0 saturated carbocycles. The highest BCUT2D eigenvalue weighted by Crippen LogP contribution is 2.37. The fourth-order valence-electron chi connectivity index (χ4n) is 4.07. The lowest BCUT2D eigenvalue weighted by Gasteiger charge is -2.10. The average molecular weight is 605 g/mol. The second kappa shape index (κ2) is 12.5. The fourth-order valence-corrected chi connectivity index (χ4v) is 4.61. The number of carbonyl (C=O) groups is 3. The molecule has 9 nitrogen and oxygen atoms in total. The van der Waals surface area contributed by atoms with Crippen LogP contribution in [0.3, 0.4) is 0 Å². The fraction of sp³-hybridized carbons (Fsp3) is 0.179. The predicted molar refractivity (Wildman–Crippen MR) is 149 cm³/mol. The third-order valence-corrected chi connectivity index (χ3v) is 6.55. The second-order valence-corrected chi connectivity index (χ2v) is 10.4. The van der Waals surface area contributed by atoms with Gasteiger partial charge in [0.25, 0.3) is 0 Å². The normalized spacial score (nSPS) is 11.4. The van der Waals surface area contributed by atoms with E-state index in [0.29, 0.717) is 6.54 Å². The zero-order chi connectivity index (χ0) is 30.6. The maximum absolute atomic E-state index is 14.1. The number of carbonyl (C=O) groups excluding carboxylic acids is 3. The van der Waals surface area contributed by atoms with Crippen LogP contribution in [0.25, 0.3) is 10.9 Å². The summed E-state index contributed by atoms with van der Waals surface area (Å²) < 4.78 is 52.8. The summed E-state index contributed by atoms with van der Waals surface area (Å²) >= 11 is -0.296. The van der Waals surface area contributed by atoms with Gasteiger partial charge in [-0.25, -0.2) is 33.1 Å². The van der Waals surface area contributed by atoms with Gasteiger partial charge in [-0.3, -0.25) is 0 Å². The van der Waals surface area contributed by atoms with Gasteiger partial charge in [0.15, 0.2) is 0 Å². The maximum Gasteiger partial charge on any atom is 0.461 e. The molecule has 0 aliphatic heterocycles. The first-order chi connectivity index (χ1) is 19.8. The number of nitrogens with one attached hydrogen (secondary N) is 2. The van der Waals surface area contributed by atoms with Gasteiger partial charge in [-0.15, -0.1) is 0 Å². The van der Waals surface area contributed by atoms with Crippen LogP contribution in [-0.2, 0) is 16.3 Å². The van der Waals surface area contributed by atoms with Gasteiger partial charge in [0.2, 0.25) is 0 Å². The number of nitrogens with zero attached hydrogens (tertiary/aromatic N) is 2. The molecule has 42 heavy (non-hydrogen) atoms. The standard InChI is InChI=1S/C28H24F4N4O5S/c1-16-24(34-26(38)33-20-9-11-21(12-10-20)42-28(30,31)32)22-14-19(29)8-13-23(22)36(16)27(39)41-40-25(37)18-6-4-17(5-7-18)15-35(2)3/h4-14H,15H2,1-3H3,(H2,33,34,38). The summed E-state index contributed by atoms with van der Waals surface area (Å²) in [5.41, 5.74) is -2.85. The molecule has 0 atom stereocenters. The highest BCUT2D eigenvalue weighted by Gasteiger charge is 2.29. The first-order valence-electron chi connectivity index (χ1n) is 12.2. The minimum Gasteiger partial charge on any atom is -0.308 e. The molecule has 4 rings (SSSR count). The molecular formula is C28H24F4N4O5S. The Balaban J connectivity index is 1.48. The van der Waals surface area contributed by atoms with E-state index in [-0.39, 0.29) is 50.2 Å². The van der Waals surface area contributed by atoms with Crippen molar-refractivity contribution in [2.75, 3.05) is 24.7 Å². The molecule has 0 unspecified atom stereocenters. The van der Waals surface area contributed by atoms with Gasteiger partial charge in [-0.1, -0.05) is 12.1 Å². The smallest absolute Gasteiger partial charge is 0.308 e. The third-order valence-electron chi connectivity index (χ3n) is 5.81. The Bertz CT molecular complexity index is 1620. The van der Waals surface area contributed by atoms with Crippen molar-refractivity contribution in [2.45, 2.75) is 23.9 Å². The summed E-state index contributed by atoms with van der Waals surface area (Å²) in [6.07, 6.45) is -1.13. The second-order valence-electron chi connectivity index (χ2n) is 9.26. The Morgan fingerprint density at radius 2 is 1.60 bits per heavy atom. The lowest BCUT2D eigenvalue weighted by atomic mass is 10.1. The Hall–Kier alpha value is -4.56. The van der Waals surface area contributed by atoms with Crippen molar-refractivity contribution < 1.29 is 41.7 Å². The van der Waals surface area contributed by atoms with E-state index in [0.717, 1.165) is 22.3 Å². The molecule has 0 saturated heterocycles. The van der Waals surface area contributed by atoms with Crippen LogP contribution in [0.15, 0.2) is 71.6 Å². The van der Waals surface area contributed by atoms with E-state index in [1.54, 1.807) is 12.1 Å². The lowest BCUT2D eigenvalue weighted by Crippen LogP contribution is -2.21. The Labute approximate surface area is 241 Å². The molecule has 2 N–H and O–H groups in total. The van der Waals surface area contributed by atoms with Crippen LogP contribution < -0.4 is 10.6 Å². The SMILES string of the molecule is Cc1c(NC(=O)Nc2ccc(SC(F)(F)F)cc2)c2cc(F)ccc2n1C(=O)OOC(=O)c1ccc(CN(C)C)cc1. The molecule has 1 aromatic heterocycles. The molecule has 0 aliphatic rings. The summed E-state index contributed by atoms with van der Waals surface area (Å²) in [5.74, 6) is -1.57. The summed E-state index contributed by atoms with van der Waals surface area (Å²) in [6.45, 7) is 2.11. The van der Waals surface area contributed by atoms with Crippen molar-refractivity contribution >= 4 is 52.1 Å². The number of thioether (sulfide) groups is 1. The van der Waals surface area contributed by atoms with Gasteiger partial charge in [0.05, 0.1) is 22.5 Å². The Morgan fingerprint density at radius 3 is 2.21 bits per heavy atom. The van der Waals surface area contributed by atoms with E-state index in [1.807, 2.05) is 19.0 Å². The van der Waals surface area contributed by atoms with Crippen LogP contribution in [0, 0.1) is 12.7 Å². The number of aromatic nitrogens is 1. The van der Waals surface area contributed by atoms with Crippen LogP contribution in [0.4, 0.5) is 38.5 Å². The number of benzene rings is 3. The van der Waals surface area contributed by atoms with Crippen LogP contribution in [0.2, 0.25) is 0 Å². The van der Waals surface area contributed by atoms with Crippen molar-refractivity contribution in [3.8, 4) is 0 Å². The number of hydrogen-bond acceptors (Lipinski definition) is 7. The highest BCUT2D eigenvalue weighted by atomic mass is 32.2. The topological polar surface area (TPSA) is 102 Å². The lowest BCUT2D eigenvalue weighted by molar-refractivity contribution is -0.182. The number of urea groups is 1. The number of alkyl halides is 3. The predicted octanol–water partition coefficient (Wildman–Crippen LogP) is 7.16. The molecule has 1 heterocycles.